The lowest BCUT2D eigenvalue weighted by Gasteiger charge is -2.30. The van der Waals surface area contributed by atoms with Crippen LogP contribution in [0.25, 0.3) is 0 Å². The predicted octanol–water partition coefficient (Wildman–Crippen LogP) is 3.96. The first-order chi connectivity index (χ1) is 14.0. The minimum Gasteiger partial charge on any atom is -0.363 e. The van der Waals surface area contributed by atoms with Crippen LogP contribution in [0.15, 0.2) is 30.5 Å². The van der Waals surface area contributed by atoms with E-state index in [4.69, 9.17) is 0 Å². The predicted molar refractivity (Wildman–Crippen MR) is 119 cm³/mol. The van der Waals surface area contributed by atoms with Gasteiger partial charge in [0.1, 0.15) is 5.82 Å². The van der Waals surface area contributed by atoms with Crippen LogP contribution in [0.1, 0.15) is 43.7 Å². The van der Waals surface area contributed by atoms with Gasteiger partial charge in [-0.25, -0.2) is 9.78 Å². The highest BCUT2D eigenvalue weighted by molar-refractivity contribution is 5.91. The molecule has 7 nitrogen and oxygen atoms in total. The number of amides is 2. The van der Waals surface area contributed by atoms with E-state index < -0.39 is 0 Å². The smallest absolute Gasteiger partial charge is 0.319 e. The van der Waals surface area contributed by atoms with Crippen molar-refractivity contribution in [2.45, 2.75) is 58.0 Å². The molecular formula is C22H32N6O. The SMILES string of the molecule is CCc1cccc(C)c1NC(=O)NC1CCC(Nc2nccc(N(C)C)n2)CC1. The lowest BCUT2D eigenvalue weighted by molar-refractivity contribution is 0.243. The van der Waals surface area contributed by atoms with Crippen molar-refractivity contribution in [3.63, 3.8) is 0 Å². The summed E-state index contributed by atoms with van der Waals surface area (Å²) in [6.07, 6.45) is 6.50. The maximum atomic E-state index is 12.5. The third kappa shape index (κ3) is 5.59. The van der Waals surface area contributed by atoms with Crippen molar-refractivity contribution >= 4 is 23.5 Å². The molecule has 0 unspecified atom stereocenters. The molecule has 1 heterocycles. The highest BCUT2D eigenvalue weighted by atomic mass is 16.2. The molecule has 3 N–H and O–H groups in total. The van der Waals surface area contributed by atoms with Crippen LogP contribution in [0.3, 0.4) is 0 Å². The fraction of sp³-hybridized carbons (Fsp3) is 0.500. The Labute approximate surface area is 173 Å². The number of carbonyl (C=O) groups excluding carboxylic acids is 1. The molecule has 2 amide bonds. The van der Waals surface area contributed by atoms with Crippen LogP contribution in [-0.2, 0) is 6.42 Å². The van der Waals surface area contributed by atoms with Gasteiger partial charge in [-0.1, -0.05) is 25.1 Å². The van der Waals surface area contributed by atoms with E-state index in [1.165, 1.54) is 0 Å². The Hall–Kier alpha value is -2.83. The molecule has 7 heteroatoms. The highest BCUT2D eigenvalue weighted by Crippen LogP contribution is 2.23. The van der Waals surface area contributed by atoms with Crippen molar-refractivity contribution in [1.82, 2.24) is 15.3 Å². The van der Waals surface area contributed by atoms with Gasteiger partial charge in [0.05, 0.1) is 0 Å². The third-order valence-electron chi connectivity index (χ3n) is 5.47. The Morgan fingerprint density at radius 1 is 1.14 bits per heavy atom. The number of aromatic nitrogens is 2. The Morgan fingerprint density at radius 3 is 2.55 bits per heavy atom. The maximum absolute atomic E-state index is 12.5. The zero-order chi connectivity index (χ0) is 20.8. The third-order valence-corrected chi connectivity index (χ3v) is 5.47. The van der Waals surface area contributed by atoms with Crippen molar-refractivity contribution in [2.75, 3.05) is 29.6 Å². The summed E-state index contributed by atoms with van der Waals surface area (Å²) in [4.78, 5) is 23.3. The number of anilines is 3. The fourth-order valence-electron chi connectivity index (χ4n) is 3.77. The molecule has 29 heavy (non-hydrogen) atoms. The van der Waals surface area contributed by atoms with E-state index in [1.807, 2.05) is 44.1 Å². The molecule has 0 atom stereocenters. The van der Waals surface area contributed by atoms with Crippen LogP contribution in [0.4, 0.5) is 22.2 Å². The molecule has 1 saturated carbocycles. The average molecular weight is 397 g/mol. The number of nitrogens with zero attached hydrogens (tertiary/aromatic N) is 3. The lowest BCUT2D eigenvalue weighted by atomic mass is 9.91. The molecular weight excluding hydrogens is 364 g/mol. The van der Waals surface area contributed by atoms with Gasteiger partial charge in [0.15, 0.2) is 0 Å². The molecule has 0 bridgehead atoms. The Kier molecular flexibility index (Phi) is 6.90. The number of carbonyl (C=O) groups is 1. The zero-order valence-electron chi connectivity index (χ0n) is 17.8. The molecule has 156 valence electrons. The summed E-state index contributed by atoms with van der Waals surface area (Å²) in [6, 6.07) is 8.42. The van der Waals surface area contributed by atoms with E-state index in [9.17, 15) is 4.79 Å². The summed E-state index contributed by atoms with van der Waals surface area (Å²) in [6.45, 7) is 4.13. The van der Waals surface area contributed by atoms with Crippen molar-refractivity contribution in [2.24, 2.45) is 0 Å². The number of hydrogen-bond donors (Lipinski definition) is 3. The standard InChI is InChI=1S/C22H32N6O/c1-5-16-8-6-7-15(2)20(16)27-22(29)25-18-11-9-17(10-12-18)24-21-23-14-13-19(26-21)28(3)4/h6-8,13-14,17-18H,5,9-12H2,1-4H3,(H,23,24,26)(H2,25,27,29). The van der Waals surface area contributed by atoms with Gasteiger partial charge in [0.25, 0.3) is 0 Å². The van der Waals surface area contributed by atoms with Crippen LogP contribution < -0.4 is 20.9 Å². The van der Waals surface area contributed by atoms with Gasteiger partial charge in [0.2, 0.25) is 5.95 Å². The van der Waals surface area contributed by atoms with Gasteiger partial charge in [-0.05, 0) is 56.2 Å². The summed E-state index contributed by atoms with van der Waals surface area (Å²) in [5.41, 5.74) is 3.18. The number of aryl methyl sites for hydroxylation is 2. The molecule has 2 aromatic rings. The number of rotatable bonds is 6. The molecule has 1 aromatic heterocycles. The van der Waals surface area contributed by atoms with Crippen LogP contribution in [0.2, 0.25) is 0 Å². The largest absolute Gasteiger partial charge is 0.363 e. The minimum absolute atomic E-state index is 0.118. The molecule has 1 fully saturated rings. The van der Waals surface area contributed by atoms with Crippen LogP contribution in [0.5, 0.6) is 0 Å². The van der Waals surface area contributed by atoms with Crippen LogP contribution in [0, 0.1) is 6.92 Å². The molecule has 0 aliphatic heterocycles. The second-order valence-electron chi connectivity index (χ2n) is 7.89. The van der Waals surface area contributed by atoms with Crippen molar-refractivity contribution in [1.29, 1.82) is 0 Å². The second-order valence-corrected chi connectivity index (χ2v) is 7.89. The molecule has 3 rings (SSSR count). The Bertz CT molecular complexity index is 830. The Morgan fingerprint density at radius 2 is 1.86 bits per heavy atom. The first kappa shape index (κ1) is 20.9. The normalized spacial score (nSPS) is 18.8. The van der Waals surface area contributed by atoms with E-state index >= 15 is 0 Å². The van der Waals surface area contributed by atoms with E-state index in [2.05, 4.69) is 38.9 Å². The summed E-state index contributed by atoms with van der Waals surface area (Å²) in [5.74, 6) is 1.55. The van der Waals surface area contributed by atoms with Gasteiger partial charge in [0, 0.05) is 38.1 Å². The van der Waals surface area contributed by atoms with Crippen molar-refractivity contribution in [3.8, 4) is 0 Å². The number of benzene rings is 1. The zero-order valence-corrected chi connectivity index (χ0v) is 17.8. The van der Waals surface area contributed by atoms with Crippen molar-refractivity contribution < 1.29 is 4.79 Å². The van der Waals surface area contributed by atoms with Gasteiger partial charge < -0.3 is 20.9 Å². The highest BCUT2D eigenvalue weighted by Gasteiger charge is 2.23. The molecule has 1 aliphatic carbocycles. The minimum atomic E-state index is -0.118. The van der Waals surface area contributed by atoms with E-state index in [1.54, 1.807) is 6.20 Å². The van der Waals surface area contributed by atoms with Gasteiger partial charge >= 0.3 is 6.03 Å². The number of hydrogen-bond acceptors (Lipinski definition) is 5. The van der Waals surface area contributed by atoms with E-state index in [0.717, 1.165) is 54.7 Å². The number of nitrogens with one attached hydrogen (secondary N) is 3. The molecule has 0 spiro atoms. The fourth-order valence-corrected chi connectivity index (χ4v) is 3.77. The first-order valence-corrected chi connectivity index (χ1v) is 10.4. The Balaban J connectivity index is 1.49. The lowest BCUT2D eigenvalue weighted by Crippen LogP contribution is -2.42. The molecule has 1 aliphatic rings. The van der Waals surface area contributed by atoms with Crippen LogP contribution >= 0.6 is 0 Å². The molecule has 0 radical (unpaired) electrons. The molecule has 1 aromatic carbocycles. The topological polar surface area (TPSA) is 82.2 Å². The van der Waals surface area contributed by atoms with Crippen molar-refractivity contribution in [3.05, 3.63) is 41.6 Å². The van der Waals surface area contributed by atoms with Gasteiger partial charge in [-0.3, -0.25) is 0 Å². The summed E-state index contributed by atoms with van der Waals surface area (Å²) in [7, 11) is 3.93. The van der Waals surface area contributed by atoms with Gasteiger partial charge in [-0.15, -0.1) is 0 Å². The maximum Gasteiger partial charge on any atom is 0.319 e. The van der Waals surface area contributed by atoms with E-state index in [0.29, 0.717) is 12.0 Å². The van der Waals surface area contributed by atoms with E-state index in [-0.39, 0.29) is 12.1 Å². The summed E-state index contributed by atoms with van der Waals surface area (Å²) < 4.78 is 0. The van der Waals surface area contributed by atoms with Crippen LogP contribution in [-0.4, -0.2) is 42.2 Å². The second kappa shape index (κ2) is 9.58. The molecule has 0 saturated heterocycles. The van der Waals surface area contributed by atoms with Gasteiger partial charge in [-0.2, -0.15) is 4.98 Å². The summed E-state index contributed by atoms with van der Waals surface area (Å²) in [5, 5.41) is 9.63. The summed E-state index contributed by atoms with van der Waals surface area (Å²) >= 11 is 0. The quantitative estimate of drug-likeness (QED) is 0.688. The number of para-hydroxylation sites is 1. The average Bonchev–Trinajstić information content (AvgIpc) is 2.71. The number of urea groups is 1. The monoisotopic (exact) mass is 396 g/mol. The first-order valence-electron chi connectivity index (χ1n) is 10.4.